The van der Waals surface area contributed by atoms with Gasteiger partial charge < -0.3 is 31.4 Å². The first-order chi connectivity index (χ1) is 12.3. The van der Waals surface area contributed by atoms with Gasteiger partial charge in [0.2, 0.25) is 0 Å². The third-order valence-corrected chi connectivity index (χ3v) is 4.76. The minimum atomic E-state index is -1.09. The number of rotatable bonds is 5. The number of aromatic nitrogens is 3. The molecule has 0 bridgehead atoms. The fourth-order valence-electron chi connectivity index (χ4n) is 3.13. The number of aliphatic hydroxyl groups is 2. The molecule has 0 unspecified atom stereocenters. The van der Waals surface area contributed by atoms with Crippen LogP contribution in [0.1, 0.15) is 25.5 Å². The van der Waals surface area contributed by atoms with Gasteiger partial charge in [0.15, 0.2) is 5.82 Å². The van der Waals surface area contributed by atoms with Crippen molar-refractivity contribution in [2.24, 2.45) is 11.7 Å². The van der Waals surface area contributed by atoms with Crippen LogP contribution in [-0.2, 0) is 9.53 Å². The Kier molecular flexibility index (Phi) is 5.10. The minimum Gasteiger partial charge on any atom is -0.457 e. The Morgan fingerprint density at radius 3 is 2.81 bits per heavy atom. The van der Waals surface area contributed by atoms with Gasteiger partial charge in [-0.05, 0) is 5.92 Å². The summed E-state index contributed by atoms with van der Waals surface area (Å²) in [5.74, 6) is -0.431. The van der Waals surface area contributed by atoms with Crippen LogP contribution in [0, 0.1) is 5.92 Å². The van der Waals surface area contributed by atoms with Gasteiger partial charge in [-0.2, -0.15) is 0 Å². The second-order valence-electron chi connectivity index (χ2n) is 6.82. The Bertz CT molecular complexity index is 794. The van der Waals surface area contributed by atoms with E-state index in [1.807, 2.05) is 0 Å². The lowest BCUT2D eigenvalue weighted by Gasteiger charge is -2.23. The van der Waals surface area contributed by atoms with Crippen LogP contribution < -0.4 is 16.8 Å². The number of nitrogens with zero attached hydrogens (tertiary/aromatic N) is 2. The summed E-state index contributed by atoms with van der Waals surface area (Å²) >= 11 is 0. The van der Waals surface area contributed by atoms with Crippen molar-refractivity contribution < 1.29 is 19.7 Å². The van der Waals surface area contributed by atoms with E-state index in [0.717, 1.165) is 0 Å². The average molecular weight is 364 g/mol. The molecule has 10 heteroatoms. The molecule has 0 amide bonds. The Morgan fingerprint density at radius 1 is 1.42 bits per heavy atom. The number of hydrogen-bond donors (Lipinski definition) is 6. The second-order valence-corrected chi connectivity index (χ2v) is 6.82. The summed E-state index contributed by atoms with van der Waals surface area (Å²) < 4.78 is 5.41. The Labute approximate surface area is 149 Å². The number of hydrogen-bond acceptors (Lipinski definition) is 9. The quantitative estimate of drug-likeness (QED) is 0.356. The van der Waals surface area contributed by atoms with E-state index in [9.17, 15) is 15.0 Å². The molecule has 0 saturated carbocycles. The highest BCUT2D eigenvalue weighted by atomic mass is 16.6. The molecule has 2 aromatic rings. The molecule has 3 rings (SSSR count). The summed E-state index contributed by atoms with van der Waals surface area (Å²) in [5.41, 5.74) is 13.4. The molecule has 3 heterocycles. The Balaban J connectivity index is 1.86. The number of nitrogens with one attached hydrogen (secondary N) is 2. The highest BCUT2D eigenvalue weighted by molar-refractivity contribution is 5.87. The summed E-state index contributed by atoms with van der Waals surface area (Å²) in [6.45, 7) is 3.29. The van der Waals surface area contributed by atoms with Crippen molar-refractivity contribution in [3.63, 3.8) is 0 Å². The van der Waals surface area contributed by atoms with Crippen LogP contribution in [-0.4, -0.2) is 62.0 Å². The number of nitrogens with two attached hydrogens (primary N) is 2. The van der Waals surface area contributed by atoms with Gasteiger partial charge in [-0.1, -0.05) is 13.8 Å². The largest absolute Gasteiger partial charge is 0.457 e. The molecule has 1 fully saturated rings. The highest BCUT2D eigenvalue weighted by Gasteiger charge is 2.46. The Morgan fingerprint density at radius 2 is 2.15 bits per heavy atom. The third kappa shape index (κ3) is 3.12. The van der Waals surface area contributed by atoms with Crippen LogP contribution in [0.15, 0.2) is 12.5 Å². The van der Waals surface area contributed by atoms with Crippen molar-refractivity contribution in [1.82, 2.24) is 20.3 Å². The van der Waals surface area contributed by atoms with Crippen molar-refractivity contribution in [3.05, 3.63) is 18.1 Å². The maximum absolute atomic E-state index is 12.2. The van der Waals surface area contributed by atoms with Crippen LogP contribution in [0.5, 0.6) is 0 Å². The van der Waals surface area contributed by atoms with E-state index in [0.29, 0.717) is 22.4 Å². The normalized spacial score (nSPS) is 27.2. The first-order valence-electron chi connectivity index (χ1n) is 8.43. The number of fused-ring (bicyclic) bond motifs is 1. The van der Waals surface area contributed by atoms with Crippen molar-refractivity contribution in [2.75, 3.05) is 12.3 Å². The molecule has 26 heavy (non-hydrogen) atoms. The third-order valence-electron chi connectivity index (χ3n) is 4.76. The molecule has 2 aromatic heterocycles. The smallest absolute Gasteiger partial charge is 0.323 e. The van der Waals surface area contributed by atoms with E-state index < -0.39 is 36.3 Å². The van der Waals surface area contributed by atoms with Crippen LogP contribution >= 0.6 is 0 Å². The van der Waals surface area contributed by atoms with E-state index in [1.54, 1.807) is 20.0 Å². The first kappa shape index (κ1) is 18.5. The standard InChI is InChI=1S/C16H24N6O4/c1-6(2)9(17)16(25)26-14-8(4-23)22-11(13(14)24)7-3-19-12-10(7)20-5-21-15(12)18/h3,5-6,8-9,11,13-14,19,22-24H,4,17H2,1-2H3,(H2,18,20,21)/t8-,9+,11-,13-,14+/m0/s1. The molecule has 8 N–H and O–H groups in total. The average Bonchev–Trinajstić information content (AvgIpc) is 3.17. The van der Waals surface area contributed by atoms with Crippen molar-refractivity contribution >= 4 is 22.8 Å². The van der Waals surface area contributed by atoms with E-state index >= 15 is 0 Å². The molecular formula is C16H24N6O4. The van der Waals surface area contributed by atoms with E-state index in [2.05, 4.69) is 20.3 Å². The van der Waals surface area contributed by atoms with Crippen molar-refractivity contribution in [2.45, 2.75) is 44.2 Å². The van der Waals surface area contributed by atoms with Gasteiger partial charge >= 0.3 is 5.97 Å². The maximum Gasteiger partial charge on any atom is 0.323 e. The minimum absolute atomic E-state index is 0.106. The number of aromatic amines is 1. The van der Waals surface area contributed by atoms with Gasteiger partial charge in [-0.15, -0.1) is 0 Å². The lowest BCUT2D eigenvalue weighted by atomic mass is 10.0. The molecule has 10 nitrogen and oxygen atoms in total. The number of nitrogen functional groups attached to an aromatic ring is 1. The van der Waals surface area contributed by atoms with Crippen LogP contribution in [0.25, 0.3) is 11.0 Å². The summed E-state index contributed by atoms with van der Waals surface area (Å²) in [6, 6.07) is -2.05. The van der Waals surface area contributed by atoms with Gasteiger partial charge in [0.25, 0.3) is 0 Å². The molecule has 5 atom stereocenters. The number of esters is 1. The zero-order valence-corrected chi connectivity index (χ0v) is 14.6. The number of aliphatic hydroxyl groups excluding tert-OH is 2. The van der Waals surface area contributed by atoms with Gasteiger partial charge in [-0.25, -0.2) is 9.97 Å². The zero-order chi connectivity index (χ0) is 19.0. The van der Waals surface area contributed by atoms with Gasteiger partial charge in [0.1, 0.15) is 30.1 Å². The maximum atomic E-state index is 12.2. The van der Waals surface area contributed by atoms with Crippen molar-refractivity contribution in [1.29, 1.82) is 0 Å². The van der Waals surface area contributed by atoms with E-state index in [4.69, 9.17) is 16.2 Å². The van der Waals surface area contributed by atoms with Gasteiger partial charge in [0.05, 0.1) is 24.2 Å². The van der Waals surface area contributed by atoms with E-state index in [-0.39, 0.29) is 12.5 Å². The lowest BCUT2D eigenvalue weighted by molar-refractivity contribution is -0.157. The van der Waals surface area contributed by atoms with Gasteiger partial charge in [-0.3, -0.25) is 10.1 Å². The number of carbonyl (C=O) groups excluding carboxylic acids is 1. The van der Waals surface area contributed by atoms with Crippen LogP contribution in [0.3, 0.4) is 0 Å². The fourth-order valence-corrected chi connectivity index (χ4v) is 3.13. The predicted molar refractivity (Wildman–Crippen MR) is 93.8 cm³/mol. The summed E-state index contributed by atoms with van der Waals surface area (Å²) in [6.07, 6.45) is 0.964. The van der Waals surface area contributed by atoms with Gasteiger partial charge in [0, 0.05) is 11.8 Å². The topological polar surface area (TPSA) is 172 Å². The molecule has 142 valence electrons. The molecule has 0 aromatic carbocycles. The Hall–Kier alpha value is -2.27. The number of H-pyrrole nitrogens is 1. The van der Waals surface area contributed by atoms with Crippen LogP contribution in [0.4, 0.5) is 5.82 Å². The monoisotopic (exact) mass is 364 g/mol. The highest BCUT2D eigenvalue weighted by Crippen LogP contribution is 2.33. The number of carbonyl (C=O) groups is 1. The molecule has 1 aliphatic heterocycles. The van der Waals surface area contributed by atoms with E-state index in [1.165, 1.54) is 6.33 Å². The molecular weight excluding hydrogens is 340 g/mol. The predicted octanol–water partition coefficient (Wildman–Crippen LogP) is -1.20. The fraction of sp³-hybridized carbons (Fsp3) is 0.562. The zero-order valence-electron chi connectivity index (χ0n) is 14.6. The summed E-state index contributed by atoms with van der Waals surface area (Å²) in [5, 5.41) is 23.5. The molecule has 1 saturated heterocycles. The number of anilines is 1. The molecule has 1 aliphatic rings. The van der Waals surface area contributed by atoms with Crippen LogP contribution in [0.2, 0.25) is 0 Å². The first-order valence-corrected chi connectivity index (χ1v) is 8.43. The summed E-state index contributed by atoms with van der Waals surface area (Å²) in [4.78, 5) is 23.3. The number of ether oxygens (including phenoxy) is 1. The second kappa shape index (κ2) is 7.16. The van der Waals surface area contributed by atoms with Crippen molar-refractivity contribution in [3.8, 4) is 0 Å². The summed E-state index contributed by atoms with van der Waals surface area (Å²) in [7, 11) is 0. The SMILES string of the molecule is CC(C)[C@@H](N)C(=O)O[C@H]1[C@@H](O)[C@H](c2c[nH]c3c(N)ncnc23)N[C@H]1CO. The lowest BCUT2D eigenvalue weighted by Crippen LogP contribution is -2.45. The molecule has 0 aliphatic carbocycles. The molecule has 0 spiro atoms. The molecule has 0 radical (unpaired) electrons.